The molecule has 0 spiro atoms. The zero-order valence-corrected chi connectivity index (χ0v) is 14.2. The lowest BCUT2D eigenvalue weighted by Crippen LogP contribution is -2.44. The summed E-state index contributed by atoms with van der Waals surface area (Å²) in [5, 5.41) is 3.40. The summed E-state index contributed by atoms with van der Waals surface area (Å²) in [6, 6.07) is 0. The average molecular weight is 337 g/mol. The molecule has 0 saturated carbocycles. The highest BCUT2D eigenvalue weighted by Gasteiger charge is 2.22. The normalized spacial score (nSPS) is 17.8. The monoisotopic (exact) mass is 336 g/mol. The van der Waals surface area contributed by atoms with Crippen LogP contribution < -0.4 is 10.2 Å². The number of thioether (sulfide) groups is 1. The van der Waals surface area contributed by atoms with Crippen LogP contribution in [0.2, 0.25) is 0 Å². The van der Waals surface area contributed by atoms with Gasteiger partial charge in [0.1, 0.15) is 11.6 Å². The average Bonchev–Trinajstić information content (AvgIpc) is 2.47. The van der Waals surface area contributed by atoms with E-state index in [2.05, 4.69) is 17.1 Å². The summed E-state index contributed by atoms with van der Waals surface area (Å²) in [6.07, 6.45) is 3.30. The van der Waals surface area contributed by atoms with Crippen LogP contribution in [0.1, 0.15) is 24.9 Å². The van der Waals surface area contributed by atoms with E-state index < -0.39 is 0 Å². The summed E-state index contributed by atoms with van der Waals surface area (Å²) >= 11 is 1.94. The molecule has 1 fully saturated rings. The first-order valence-corrected chi connectivity index (χ1v) is 7.85. The van der Waals surface area contributed by atoms with Crippen molar-refractivity contribution in [2.45, 2.75) is 31.1 Å². The number of halogens is 2. The molecule has 0 amide bonds. The third kappa shape index (κ3) is 3.70. The van der Waals surface area contributed by atoms with Crippen molar-refractivity contribution in [1.82, 2.24) is 15.3 Å². The van der Waals surface area contributed by atoms with Gasteiger partial charge in [-0.3, -0.25) is 0 Å². The maximum Gasteiger partial charge on any atom is 0.146 e. The number of hydrogen-bond donors (Lipinski definition) is 1. The van der Waals surface area contributed by atoms with Crippen LogP contribution in [0.15, 0.2) is 4.90 Å². The van der Waals surface area contributed by atoms with Gasteiger partial charge >= 0.3 is 0 Å². The minimum Gasteiger partial charge on any atom is -0.353 e. The second-order valence-electron chi connectivity index (χ2n) is 4.78. The van der Waals surface area contributed by atoms with Gasteiger partial charge in [-0.05, 0) is 18.6 Å². The SMILES string of the molecule is CCc1nc2c(c(N3CCNCC3)n1)SCCC2.Cl.Cl. The van der Waals surface area contributed by atoms with E-state index in [1.54, 1.807) is 0 Å². The number of nitrogens with one attached hydrogen (secondary N) is 1. The zero-order valence-electron chi connectivity index (χ0n) is 11.7. The fraction of sp³-hybridized carbons (Fsp3) is 0.692. The molecule has 0 bridgehead atoms. The minimum absolute atomic E-state index is 0. The van der Waals surface area contributed by atoms with Crippen LogP contribution in [0.3, 0.4) is 0 Å². The maximum absolute atomic E-state index is 4.79. The summed E-state index contributed by atoms with van der Waals surface area (Å²) in [6.45, 7) is 6.38. The van der Waals surface area contributed by atoms with Crippen molar-refractivity contribution >= 4 is 42.4 Å². The van der Waals surface area contributed by atoms with Crippen molar-refractivity contribution in [3.63, 3.8) is 0 Å². The van der Waals surface area contributed by atoms with E-state index in [1.807, 2.05) is 11.8 Å². The highest BCUT2D eigenvalue weighted by atomic mass is 35.5. The molecule has 1 saturated heterocycles. The number of piperazine rings is 1. The van der Waals surface area contributed by atoms with Crippen LogP contribution in [0.25, 0.3) is 0 Å². The Morgan fingerprint density at radius 3 is 2.65 bits per heavy atom. The predicted molar refractivity (Wildman–Crippen MR) is 90.0 cm³/mol. The highest BCUT2D eigenvalue weighted by Crippen LogP contribution is 2.36. The van der Waals surface area contributed by atoms with E-state index in [0.29, 0.717) is 0 Å². The molecule has 7 heteroatoms. The minimum atomic E-state index is 0. The third-order valence-corrected chi connectivity index (χ3v) is 4.70. The molecule has 114 valence electrons. The molecular weight excluding hydrogens is 315 g/mol. The lowest BCUT2D eigenvalue weighted by atomic mass is 10.2. The standard InChI is InChI=1S/C13H20N4S.2ClH/c1-2-11-15-10-4-3-9-18-12(10)13(16-11)17-7-5-14-6-8-17;;/h14H,2-9H2,1H3;2*1H. The number of nitrogens with zero attached hydrogens (tertiary/aromatic N) is 3. The van der Waals surface area contributed by atoms with Crippen LogP contribution in [0.4, 0.5) is 5.82 Å². The van der Waals surface area contributed by atoms with Crippen molar-refractivity contribution in [1.29, 1.82) is 0 Å². The number of aryl methyl sites for hydroxylation is 2. The Morgan fingerprint density at radius 1 is 1.20 bits per heavy atom. The molecular formula is C13H22Cl2N4S. The summed E-state index contributed by atoms with van der Waals surface area (Å²) < 4.78 is 0. The Balaban J connectivity index is 0.000001000. The van der Waals surface area contributed by atoms with Gasteiger partial charge in [0, 0.05) is 32.6 Å². The number of anilines is 1. The first kappa shape index (κ1) is 17.8. The van der Waals surface area contributed by atoms with E-state index in [0.717, 1.165) is 44.8 Å². The van der Waals surface area contributed by atoms with Gasteiger partial charge in [-0.15, -0.1) is 36.6 Å². The van der Waals surface area contributed by atoms with Crippen molar-refractivity contribution in [3.8, 4) is 0 Å². The van der Waals surface area contributed by atoms with E-state index >= 15 is 0 Å². The van der Waals surface area contributed by atoms with Gasteiger partial charge in [0.05, 0.1) is 10.6 Å². The van der Waals surface area contributed by atoms with Crippen LogP contribution in [-0.2, 0) is 12.8 Å². The molecule has 2 aliphatic rings. The molecule has 0 aromatic carbocycles. The highest BCUT2D eigenvalue weighted by molar-refractivity contribution is 7.99. The number of rotatable bonds is 2. The molecule has 0 unspecified atom stereocenters. The lowest BCUT2D eigenvalue weighted by Gasteiger charge is -2.31. The Kier molecular flexibility index (Phi) is 7.37. The van der Waals surface area contributed by atoms with E-state index in [9.17, 15) is 0 Å². The lowest BCUT2D eigenvalue weighted by molar-refractivity contribution is 0.578. The van der Waals surface area contributed by atoms with Gasteiger partial charge in [-0.25, -0.2) is 9.97 Å². The molecule has 3 rings (SSSR count). The van der Waals surface area contributed by atoms with Gasteiger partial charge in [0.2, 0.25) is 0 Å². The van der Waals surface area contributed by atoms with Crippen LogP contribution in [0, 0.1) is 0 Å². The molecule has 0 atom stereocenters. The first-order chi connectivity index (χ1) is 8.88. The van der Waals surface area contributed by atoms with Gasteiger partial charge in [0.15, 0.2) is 0 Å². The summed E-state index contributed by atoms with van der Waals surface area (Å²) in [5.74, 6) is 3.41. The fourth-order valence-corrected chi connectivity index (χ4v) is 3.62. The molecule has 0 aliphatic carbocycles. The molecule has 1 aromatic heterocycles. The first-order valence-electron chi connectivity index (χ1n) is 6.86. The van der Waals surface area contributed by atoms with Crippen molar-refractivity contribution in [3.05, 3.63) is 11.5 Å². The number of fused-ring (bicyclic) bond motifs is 1. The van der Waals surface area contributed by atoms with Crippen LogP contribution in [-0.4, -0.2) is 41.9 Å². The Morgan fingerprint density at radius 2 is 1.95 bits per heavy atom. The zero-order chi connectivity index (χ0) is 12.4. The predicted octanol–water partition coefficient (Wildman–Crippen LogP) is 2.33. The molecule has 1 N–H and O–H groups in total. The third-order valence-electron chi connectivity index (χ3n) is 3.50. The van der Waals surface area contributed by atoms with E-state index in [-0.39, 0.29) is 24.8 Å². The number of aromatic nitrogens is 2. The van der Waals surface area contributed by atoms with E-state index in [1.165, 1.54) is 28.6 Å². The smallest absolute Gasteiger partial charge is 0.146 e. The van der Waals surface area contributed by atoms with Crippen molar-refractivity contribution < 1.29 is 0 Å². The topological polar surface area (TPSA) is 41.1 Å². The molecule has 1 aromatic rings. The second kappa shape index (κ2) is 8.27. The molecule has 20 heavy (non-hydrogen) atoms. The van der Waals surface area contributed by atoms with E-state index in [4.69, 9.17) is 9.97 Å². The summed E-state index contributed by atoms with van der Waals surface area (Å²) in [5.41, 5.74) is 1.28. The second-order valence-corrected chi connectivity index (χ2v) is 5.89. The van der Waals surface area contributed by atoms with Gasteiger partial charge in [0.25, 0.3) is 0 Å². The number of hydrogen-bond acceptors (Lipinski definition) is 5. The van der Waals surface area contributed by atoms with Crippen molar-refractivity contribution in [2.75, 3.05) is 36.8 Å². The molecule has 2 aliphatic heterocycles. The van der Waals surface area contributed by atoms with Gasteiger partial charge in [-0.2, -0.15) is 0 Å². The Hall–Kier alpha value is -0.230. The van der Waals surface area contributed by atoms with Gasteiger partial charge in [-0.1, -0.05) is 6.92 Å². The summed E-state index contributed by atoms with van der Waals surface area (Å²) in [4.78, 5) is 13.3. The van der Waals surface area contributed by atoms with Crippen LogP contribution in [0.5, 0.6) is 0 Å². The molecule has 0 radical (unpaired) electrons. The Bertz CT molecular complexity index is 439. The fourth-order valence-electron chi connectivity index (χ4n) is 2.51. The Labute approximate surface area is 137 Å². The molecule has 3 heterocycles. The van der Waals surface area contributed by atoms with Gasteiger partial charge < -0.3 is 10.2 Å². The quantitative estimate of drug-likeness (QED) is 0.897. The maximum atomic E-state index is 4.79. The van der Waals surface area contributed by atoms with Crippen molar-refractivity contribution in [2.24, 2.45) is 0 Å². The largest absolute Gasteiger partial charge is 0.353 e. The summed E-state index contributed by atoms with van der Waals surface area (Å²) in [7, 11) is 0. The molecule has 4 nitrogen and oxygen atoms in total. The van der Waals surface area contributed by atoms with Crippen LogP contribution >= 0.6 is 36.6 Å².